The van der Waals surface area contributed by atoms with Crippen LogP contribution in [0.25, 0.3) is 10.9 Å². The molecule has 0 saturated heterocycles. The van der Waals surface area contributed by atoms with Gasteiger partial charge in [-0.25, -0.2) is 13.8 Å². The van der Waals surface area contributed by atoms with E-state index in [0.717, 1.165) is 12.1 Å². The number of hydrogen-bond acceptors (Lipinski definition) is 4. The van der Waals surface area contributed by atoms with Gasteiger partial charge in [0, 0.05) is 6.07 Å². The maximum absolute atomic E-state index is 13.7. The van der Waals surface area contributed by atoms with E-state index in [0.29, 0.717) is 5.56 Å². The Morgan fingerprint density at radius 3 is 2.75 bits per heavy atom. The molecule has 1 unspecified atom stereocenters. The summed E-state index contributed by atoms with van der Waals surface area (Å²) in [5, 5.41) is 10.5. The van der Waals surface area contributed by atoms with Gasteiger partial charge in [-0.15, -0.1) is 0 Å². The molecule has 0 saturated carbocycles. The molecule has 1 atom stereocenters. The van der Waals surface area contributed by atoms with Crippen molar-refractivity contribution in [2.75, 3.05) is 7.11 Å². The number of fused-ring (bicyclic) bond motifs is 1. The van der Waals surface area contributed by atoms with Crippen LogP contribution in [0.5, 0.6) is 5.75 Å². The summed E-state index contributed by atoms with van der Waals surface area (Å²) in [4.78, 5) is 16.4. The molecule has 1 N–H and O–H groups in total. The van der Waals surface area contributed by atoms with Crippen LogP contribution in [0.1, 0.15) is 11.7 Å². The van der Waals surface area contributed by atoms with Gasteiger partial charge in [0.25, 0.3) is 5.56 Å². The average Bonchev–Trinajstić information content (AvgIpc) is 2.57. The van der Waals surface area contributed by atoms with Gasteiger partial charge in [-0.05, 0) is 29.8 Å². The highest BCUT2D eigenvalue weighted by Gasteiger charge is 2.14. The van der Waals surface area contributed by atoms with Gasteiger partial charge < -0.3 is 9.84 Å². The number of ether oxygens (including phenoxy) is 1. The number of aromatic nitrogens is 2. The molecular formula is C17H14F2N2O3. The van der Waals surface area contributed by atoms with Crippen LogP contribution >= 0.6 is 0 Å². The number of aliphatic hydroxyl groups excluding tert-OH is 1. The van der Waals surface area contributed by atoms with E-state index in [1.54, 1.807) is 0 Å². The lowest BCUT2D eigenvalue weighted by atomic mass is 10.1. The van der Waals surface area contributed by atoms with E-state index in [1.165, 1.54) is 42.3 Å². The van der Waals surface area contributed by atoms with E-state index >= 15 is 0 Å². The molecule has 2 aromatic carbocycles. The third kappa shape index (κ3) is 2.98. The molecule has 1 aromatic heterocycles. The second kappa shape index (κ2) is 6.37. The number of benzene rings is 2. The molecule has 24 heavy (non-hydrogen) atoms. The molecule has 0 aliphatic heterocycles. The fourth-order valence-corrected chi connectivity index (χ4v) is 2.44. The lowest BCUT2D eigenvalue weighted by Gasteiger charge is -2.14. The third-order valence-electron chi connectivity index (χ3n) is 3.72. The van der Waals surface area contributed by atoms with Crippen LogP contribution in [0.2, 0.25) is 0 Å². The zero-order valence-corrected chi connectivity index (χ0v) is 12.7. The van der Waals surface area contributed by atoms with Crippen molar-refractivity contribution in [1.82, 2.24) is 9.55 Å². The zero-order valence-electron chi connectivity index (χ0n) is 12.7. The van der Waals surface area contributed by atoms with Crippen molar-refractivity contribution >= 4 is 10.9 Å². The highest BCUT2D eigenvalue weighted by molar-refractivity contribution is 5.77. The fourth-order valence-electron chi connectivity index (χ4n) is 2.44. The summed E-state index contributed by atoms with van der Waals surface area (Å²) >= 11 is 0. The molecule has 0 fully saturated rings. The molecule has 124 valence electrons. The van der Waals surface area contributed by atoms with Crippen molar-refractivity contribution < 1.29 is 18.6 Å². The van der Waals surface area contributed by atoms with E-state index in [2.05, 4.69) is 4.98 Å². The largest absolute Gasteiger partial charge is 0.494 e. The first-order chi connectivity index (χ1) is 11.5. The Kier molecular flexibility index (Phi) is 4.26. The fraction of sp³-hybridized carbons (Fsp3) is 0.176. The Bertz CT molecular complexity index is 956. The van der Waals surface area contributed by atoms with Crippen LogP contribution in [0.15, 0.2) is 47.5 Å². The first kappa shape index (κ1) is 16.1. The Labute approximate surface area is 135 Å². The minimum Gasteiger partial charge on any atom is -0.494 e. The van der Waals surface area contributed by atoms with Crippen molar-refractivity contribution in [3.8, 4) is 5.75 Å². The first-order valence-electron chi connectivity index (χ1n) is 7.16. The minimum atomic E-state index is -1.11. The molecule has 1 heterocycles. The molecule has 0 spiro atoms. The molecule has 0 aliphatic rings. The van der Waals surface area contributed by atoms with E-state index < -0.39 is 23.3 Å². The summed E-state index contributed by atoms with van der Waals surface area (Å²) in [5.74, 6) is -1.02. The quantitative estimate of drug-likeness (QED) is 0.797. The summed E-state index contributed by atoms with van der Waals surface area (Å²) in [6.07, 6.45) is 0.121. The minimum absolute atomic E-state index is 0.0671. The lowest BCUT2D eigenvalue weighted by Crippen LogP contribution is -2.23. The van der Waals surface area contributed by atoms with Crippen molar-refractivity contribution in [1.29, 1.82) is 0 Å². The van der Waals surface area contributed by atoms with Gasteiger partial charge in [0.05, 0.1) is 37.0 Å². The lowest BCUT2D eigenvalue weighted by molar-refractivity contribution is 0.154. The molecule has 0 amide bonds. The second-order valence-corrected chi connectivity index (χ2v) is 5.27. The predicted molar refractivity (Wildman–Crippen MR) is 83.9 cm³/mol. The highest BCUT2D eigenvalue weighted by Crippen LogP contribution is 2.22. The van der Waals surface area contributed by atoms with Crippen LogP contribution in [0, 0.1) is 11.6 Å². The number of methoxy groups -OCH3 is 1. The van der Waals surface area contributed by atoms with Gasteiger partial charge in [-0.3, -0.25) is 9.36 Å². The number of hydrogen-bond donors (Lipinski definition) is 1. The van der Waals surface area contributed by atoms with Crippen LogP contribution in [-0.2, 0) is 6.54 Å². The second-order valence-electron chi connectivity index (χ2n) is 5.27. The SMILES string of the molecule is COc1ccc(C(O)Cn2cnc3cc(F)ccc3c2=O)cc1F. The Morgan fingerprint density at radius 1 is 1.25 bits per heavy atom. The van der Waals surface area contributed by atoms with Crippen molar-refractivity contribution in [3.05, 3.63) is 70.3 Å². The molecule has 3 rings (SSSR count). The summed E-state index contributed by atoms with van der Waals surface area (Å²) in [7, 11) is 1.34. The summed E-state index contributed by atoms with van der Waals surface area (Å²) in [6, 6.07) is 7.75. The van der Waals surface area contributed by atoms with Gasteiger partial charge in [0.1, 0.15) is 5.82 Å². The molecule has 7 heteroatoms. The monoisotopic (exact) mass is 332 g/mol. The molecule has 5 nitrogen and oxygen atoms in total. The van der Waals surface area contributed by atoms with Gasteiger partial charge in [0.15, 0.2) is 11.6 Å². The maximum atomic E-state index is 13.7. The Balaban J connectivity index is 1.92. The van der Waals surface area contributed by atoms with Gasteiger partial charge in [-0.2, -0.15) is 0 Å². The third-order valence-corrected chi connectivity index (χ3v) is 3.72. The summed E-state index contributed by atoms with van der Waals surface area (Å²) in [6.45, 7) is -0.106. The van der Waals surface area contributed by atoms with Crippen molar-refractivity contribution in [2.45, 2.75) is 12.6 Å². The first-order valence-corrected chi connectivity index (χ1v) is 7.16. The van der Waals surface area contributed by atoms with Crippen molar-refractivity contribution in [2.24, 2.45) is 0 Å². The average molecular weight is 332 g/mol. The molecule has 0 radical (unpaired) electrons. The van der Waals surface area contributed by atoms with Crippen LogP contribution in [0.3, 0.4) is 0 Å². The molecule has 0 bridgehead atoms. The van der Waals surface area contributed by atoms with Crippen molar-refractivity contribution in [3.63, 3.8) is 0 Å². The maximum Gasteiger partial charge on any atom is 0.261 e. The normalized spacial score (nSPS) is 12.3. The van der Waals surface area contributed by atoms with E-state index in [9.17, 15) is 18.7 Å². The standard InChI is InChI=1S/C17H14F2N2O3/c1-24-16-5-2-10(6-13(16)19)15(22)8-21-9-20-14-7-11(18)3-4-12(14)17(21)23/h2-7,9,15,22H,8H2,1H3. The van der Waals surface area contributed by atoms with Crippen LogP contribution < -0.4 is 10.3 Å². The van der Waals surface area contributed by atoms with E-state index in [1.807, 2.05) is 0 Å². The van der Waals surface area contributed by atoms with E-state index in [4.69, 9.17) is 4.74 Å². The smallest absolute Gasteiger partial charge is 0.261 e. The van der Waals surface area contributed by atoms with Gasteiger partial charge >= 0.3 is 0 Å². The Hall–Kier alpha value is -2.80. The predicted octanol–water partition coefficient (Wildman–Crippen LogP) is 2.42. The topological polar surface area (TPSA) is 64.3 Å². The van der Waals surface area contributed by atoms with E-state index in [-0.39, 0.29) is 23.2 Å². The number of aliphatic hydroxyl groups is 1. The molecular weight excluding hydrogens is 318 g/mol. The number of rotatable bonds is 4. The molecule has 3 aromatic rings. The number of halogens is 2. The molecule has 0 aliphatic carbocycles. The summed E-state index contributed by atoms with van der Waals surface area (Å²) in [5.41, 5.74) is 0.133. The summed E-state index contributed by atoms with van der Waals surface area (Å²) < 4.78 is 32.9. The van der Waals surface area contributed by atoms with Crippen LogP contribution in [0.4, 0.5) is 8.78 Å². The van der Waals surface area contributed by atoms with Gasteiger partial charge in [0.2, 0.25) is 0 Å². The van der Waals surface area contributed by atoms with Gasteiger partial charge in [-0.1, -0.05) is 6.07 Å². The zero-order chi connectivity index (χ0) is 17.3. The Morgan fingerprint density at radius 2 is 2.04 bits per heavy atom. The van der Waals surface area contributed by atoms with Crippen LogP contribution in [-0.4, -0.2) is 21.8 Å². The highest BCUT2D eigenvalue weighted by atomic mass is 19.1. The number of nitrogens with zero attached hydrogens (tertiary/aromatic N) is 2.